The van der Waals surface area contributed by atoms with Crippen LogP contribution in [-0.4, -0.2) is 36.5 Å². The van der Waals surface area contributed by atoms with Crippen molar-refractivity contribution in [2.45, 2.75) is 69.2 Å². The number of aliphatic hydroxyl groups is 1. The number of hydrogen-bond acceptors (Lipinski definition) is 3. The monoisotopic (exact) mass is 213 g/mol. The highest BCUT2D eigenvalue weighted by Crippen LogP contribution is 2.25. The largest absolute Gasteiger partial charge is 0.392 e. The molecule has 88 valence electrons. The minimum atomic E-state index is -0.125. The first-order chi connectivity index (χ1) is 7.29. The molecule has 2 aliphatic rings. The van der Waals surface area contributed by atoms with E-state index in [-0.39, 0.29) is 6.10 Å². The molecule has 2 N–H and O–H groups in total. The number of hydrogen-bond donors (Lipinski definition) is 2. The number of nitrogens with one attached hydrogen (secondary N) is 1. The van der Waals surface area contributed by atoms with Gasteiger partial charge in [0.1, 0.15) is 0 Å². The van der Waals surface area contributed by atoms with Crippen LogP contribution in [0, 0.1) is 0 Å². The van der Waals surface area contributed by atoms with Crippen LogP contribution in [0.5, 0.6) is 0 Å². The Kier molecular flexibility index (Phi) is 4.00. The maximum Gasteiger partial charge on any atom is 0.0693 e. The summed E-state index contributed by atoms with van der Waals surface area (Å²) in [4.78, 5) is 0. The summed E-state index contributed by atoms with van der Waals surface area (Å²) in [5, 5.41) is 13.5. The molecule has 2 fully saturated rings. The third kappa shape index (κ3) is 2.92. The highest BCUT2D eigenvalue weighted by atomic mass is 16.5. The molecule has 0 aromatic carbocycles. The summed E-state index contributed by atoms with van der Waals surface area (Å²) in [5.74, 6) is 0. The molecule has 0 aromatic heterocycles. The Hall–Kier alpha value is -0.120. The molecule has 0 amide bonds. The summed E-state index contributed by atoms with van der Waals surface area (Å²) in [7, 11) is 1.79. The van der Waals surface area contributed by atoms with Crippen molar-refractivity contribution in [2.24, 2.45) is 0 Å². The van der Waals surface area contributed by atoms with E-state index in [2.05, 4.69) is 5.32 Å². The van der Waals surface area contributed by atoms with Crippen LogP contribution < -0.4 is 5.32 Å². The molecular weight excluding hydrogens is 190 g/mol. The average molecular weight is 213 g/mol. The molecule has 4 unspecified atom stereocenters. The van der Waals surface area contributed by atoms with Gasteiger partial charge in [-0.25, -0.2) is 0 Å². The van der Waals surface area contributed by atoms with Crippen molar-refractivity contribution >= 4 is 0 Å². The second kappa shape index (κ2) is 5.28. The van der Waals surface area contributed by atoms with E-state index in [0.717, 1.165) is 25.7 Å². The Labute approximate surface area is 92.2 Å². The Morgan fingerprint density at radius 3 is 2.60 bits per heavy atom. The quantitative estimate of drug-likeness (QED) is 0.745. The van der Waals surface area contributed by atoms with Gasteiger partial charge in [0.05, 0.1) is 12.2 Å². The van der Waals surface area contributed by atoms with Gasteiger partial charge in [-0.05, 0) is 32.1 Å². The molecular formula is C12H23NO2. The molecule has 2 rings (SSSR count). The second-order valence-corrected chi connectivity index (χ2v) is 4.99. The average Bonchev–Trinajstić information content (AvgIpc) is 2.69. The fourth-order valence-electron chi connectivity index (χ4n) is 2.91. The van der Waals surface area contributed by atoms with E-state index in [1.54, 1.807) is 7.11 Å². The third-order valence-electron chi connectivity index (χ3n) is 3.90. The van der Waals surface area contributed by atoms with Crippen molar-refractivity contribution < 1.29 is 9.84 Å². The minimum Gasteiger partial charge on any atom is -0.392 e. The van der Waals surface area contributed by atoms with Gasteiger partial charge in [0, 0.05) is 19.2 Å². The summed E-state index contributed by atoms with van der Waals surface area (Å²) in [6.45, 7) is 0. The minimum absolute atomic E-state index is 0.125. The molecule has 3 nitrogen and oxygen atoms in total. The van der Waals surface area contributed by atoms with Gasteiger partial charge >= 0.3 is 0 Å². The maximum atomic E-state index is 9.86. The zero-order valence-corrected chi connectivity index (χ0v) is 9.61. The van der Waals surface area contributed by atoms with Gasteiger partial charge < -0.3 is 15.2 Å². The molecule has 0 saturated heterocycles. The topological polar surface area (TPSA) is 41.5 Å². The molecule has 0 radical (unpaired) electrons. The standard InChI is InChI=1S/C12H23NO2/c1-15-10-7-6-9(8-10)13-11-4-2-3-5-12(11)14/h9-14H,2-8H2,1H3. The zero-order valence-electron chi connectivity index (χ0n) is 9.61. The summed E-state index contributed by atoms with van der Waals surface area (Å²) in [6, 6.07) is 0.895. The normalized spacial score (nSPS) is 42.0. The van der Waals surface area contributed by atoms with E-state index >= 15 is 0 Å². The Morgan fingerprint density at radius 1 is 1.13 bits per heavy atom. The fourth-order valence-corrected chi connectivity index (χ4v) is 2.91. The Morgan fingerprint density at radius 2 is 1.93 bits per heavy atom. The predicted octanol–water partition coefficient (Wildman–Crippen LogP) is 1.45. The summed E-state index contributed by atoms with van der Waals surface area (Å²) in [5.41, 5.74) is 0. The second-order valence-electron chi connectivity index (χ2n) is 4.99. The van der Waals surface area contributed by atoms with Crippen LogP contribution in [0.1, 0.15) is 44.9 Å². The van der Waals surface area contributed by atoms with Crippen molar-refractivity contribution in [1.82, 2.24) is 5.32 Å². The molecule has 3 heteroatoms. The van der Waals surface area contributed by atoms with Gasteiger partial charge in [0.15, 0.2) is 0 Å². The van der Waals surface area contributed by atoms with E-state index in [0.29, 0.717) is 18.2 Å². The van der Waals surface area contributed by atoms with Crippen LogP contribution in [0.2, 0.25) is 0 Å². The first kappa shape index (κ1) is 11.4. The molecule has 0 heterocycles. The molecule has 15 heavy (non-hydrogen) atoms. The maximum absolute atomic E-state index is 9.86. The number of ether oxygens (including phenoxy) is 1. The van der Waals surface area contributed by atoms with Gasteiger partial charge in [-0.15, -0.1) is 0 Å². The van der Waals surface area contributed by atoms with E-state index < -0.39 is 0 Å². The molecule has 0 aliphatic heterocycles. The lowest BCUT2D eigenvalue weighted by atomic mass is 9.92. The van der Waals surface area contributed by atoms with Crippen molar-refractivity contribution in [3.63, 3.8) is 0 Å². The Balaban J connectivity index is 1.76. The molecule has 2 aliphatic carbocycles. The lowest BCUT2D eigenvalue weighted by molar-refractivity contribution is 0.0798. The molecule has 0 aromatic rings. The lowest BCUT2D eigenvalue weighted by Gasteiger charge is -2.31. The predicted molar refractivity (Wildman–Crippen MR) is 59.8 cm³/mol. The van der Waals surface area contributed by atoms with Gasteiger partial charge in [0.2, 0.25) is 0 Å². The number of methoxy groups -OCH3 is 1. The SMILES string of the molecule is COC1CCC(NC2CCCCC2O)C1. The van der Waals surface area contributed by atoms with Crippen molar-refractivity contribution in [3.8, 4) is 0 Å². The van der Waals surface area contributed by atoms with E-state index in [4.69, 9.17) is 4.74 Å². The Bertz CT molecular complexity index is 198. The smallest absolute Gasteiger partial charge is 0.0693 e. The van der Waals surface area contributed by atoms with Gasteiger partial charge in [-0.1, -0.05) is 12.8 Å². The zero-order chi connectivity index (χ0) is 10.7. The summed E-state index contributed by atoms with van der Waals surface area (Å²) in [6.07, 6.45) is 8.33. The van der Waals surface area contributed by atoms with Crippen molar-refractivity contribution in [2.75, 3.05) is 7.11 Å². The van der Waals surface area contributed by atoms with E-state index in [1.807, 2.05) is 0 Å². The van der Waals surface area contributed by atoms with E-state index in [1.165, 1.54) is 19.3 Å². The first-order valence-electron chi connectivity index (χ1n) is 6.26. The summed E-state index contributed by atoms with van der Waals surface area (Å²) < 4.78 is 5.35. The van der Waals surface area contributed by atoms with Crippen molar-refractivity contribution in [1.29, 1.82) is 0 Å². The lowest BCUT2D eigenvalue weighted by Crippen LogP contribution is -2.46. The highest BCUT2D eigenvalue weighted by Gasteiger charge is 2.29. The number of rotatable bonds is 3. The van der Waals surface area contributed by atoms with Gasteiger partial charge in [-0.2, -0.15) is 0 Å². The fraction of sp³-hybridized carbons (Fsp3) is 1.00. The van der Waals surface area contributed by atoms with Crippen LogP contribution in [0.15, 0.2) is 0 Å². The van der Waals surface area contributed by atoms with Crippen LogP contribution in [0.25, 0.3) is 0 Å². The van der Waals surface area contributed by atoms with E-state index in [9.17, 15) is 5.11 Å². The highest BCUT2D eigenvalue weighted by molar-refractivity contribution is 4.88. The number of aliphatic hydroxyl groups excluding tert-OH is 1. The van der Waals surface area contributed by atoms with Crippen LogP contribution >= 0.6 is 0 Å². The van der Waals surface area contributed by atoms with Gasteiger partial charge in [0.25, 0.3) is 0 Å². The molecule has 4 atom stereocenters. The van der Waals surface area contributed by atoms with Gasteiger partial charge in [-0.3, -0.25) is 0 Å². The van der Waals surface area contributed by atoms with Crippen LogP contribution in [-0.2, 0) is 4.74 Å². The molecule has 2 saturated carbocycles. The summed E-state index contributed by atoms with van der Waals surface area (Å²) >= 11 is 0. The van der Waals surface area contributed by atoms with Crippen LogP contribution in [0.3, 0.4) is 0 Å². The van der Waals surface area contributed by atoms with Crippen LogP contribution in [0.4, 0.5) is 0 Å². The third-order valence-corrected chi connectivity index (χ3v) is 3.90. The molecule has 0 spiro atoms. The first-order valence-corrected chi connectivity index (χ1v) is 6.26. The van der Waals surface area contributed by atoms with Crippen molar-refractivity contribution in [3.05, 3.63) is 0 Å². The molecule has 0 bridgehead atoms.